The molecule has 0 aliphatic rings. The highest BCUT2D eigenvalue weighted by Gasteiger charge is 2.39. The molecule has 2 atom stereocenters. The van der Waals surface area contributed by atoms with Gasteiger partial charge in [-0.3, -0.25) is 0 Å². The van der Waals surface area contributed by atoms with Gasteiger partial charge in [0.2, 0.25) is 0 Å². The average Bonchev–Trinajstić information content (AvgIpc) is 3.15. The van der Waals surface area contributed by atoms with Crippen molar-refractivity contribution in [3.63, 3.8) is 0 Å². The van der Waals surface area contributed by atoms with E-state index in [1.165, 1.54) is 23.4 Å². The number of halogens is 2. The van der Waals surface area contributed by atoms with Crippen LogP contribution >= 0.6 is 0 Å². The zero-order valence-electron chi connectivity index (χ0n) is 14.7. The van der Waals surface area contributed by atoms with E-state index in [0.717, 1.165) is 17.7 Å². The maximum atomic E-state index is 14.5. The van der Waals surface area contributed by atoms with Crippen molar-refractivity contribution in [3.8, 4) is 6.07 Å². The van der Waals surface area contributed by atoms with Crippen LogP contribution in [0.5, 0.6) is 0 Å². The van der Waals surface area contributed by atoms with E-state index in [4.69, 9.17) is 5.26 Å². The highest BCUT2D eigenvalue weighted by Crippen LogP contribution is 2.35. The molecule has 0 amide bonds. The third-order valence-electron chi connectivity index (χ3n) is 4.71. The fraction of sp³-hybridized carbons (Fsp3) is 0.250. The van der Waals surface area contributed by atoms with Crippen molar-refractivity contribution in [1.29, 1.82) is 5.26 Å². The van der Waals surface area contributed by atoms with Crippen molar-refractivity contribution >= 4 is 0 Å². The third-order valence-corrected chi connectivity index (χ3v) is 4.71. The van der Waals surface area contributed by atoms with Crippen LogP contribution in [0.15, 0.2) is 55.1 Å². The lowest BCUT2D eigenvalue weighted by Gasteiger charge is -2.35. The summed E-state index contributed by atoms with van der Waals surface area (Å²) in [6, 6.07) is 12.2. The first kappa shape index (κ1) is 18.7. The Hall–Kier alpha value is -3.11. The average molecular weight is 368 g/mol. The van der Waals surface area contributed by atoms with Gasteiger partial charge in [0.05, 0.1) is 18.2 Å². The molecule has 2 unspecified atom stereocenters. The van der Waals surface area contributed by atoms with Crippen LogP contribution in [0.4, 0.5) is 8.78 Å². The lowest BCUT2D eigenvalue weighted by Crippen LogP contribution is -2.40. The number of hydrogen-bond donors (Lipinski definition) is 1. The van der Waals surface area contributed by atoms with E-state index in [9.17, 15) is 13.9 Å². The first-order valence-corrected chi connectivity index (χ1v) is 8.41. The molecular weight excluding hydrogens is 350 g/mol. The molecule has 0 saturated carbocycles. The van der Waals surface area contributed by atoms with Crippen LogP contribution < -0.4 is 0 Å². The van der Waals surface area contributed by atoms with E-state index in [1.54, 1.807) is 31.2 Å². The van der Waals surface area contributed by atoms with Crippen molar-refractivity contribution in [1.82, 2.24) is 14.8 Å². The van der Waals surface area contributed by atoms with E-state index in [1.807, 2.05) is 0 Å². The molecule has 0 saturated heterocycles. The van der Waals surface area contributed by atoms with Gasteiger partial charge in [-0.15, -0.1) is 0 Å². The molecule has 138 valence electrons. The molecule has 27 heavy (non-hydrogen) atoms. The van der Waals surface area contributed by atoms with Crippen molar-refractivity contribution in [2.75, 3.05) is 0 Å². The predicted molar refractivity (Wildman–Crippen MR) is 94.3 cm³/mol. The van der Waals surface area contributed by atoms with Gasteiger partial charge in [0, 0.05) is 11.6 Å². The maximum Gasteiger partial charge on any atom is 0.137 e. The fourth-order valence-electron chi connectivity index (χ4n) is 3.15. The highest BCUT2D eigenvalue weighted by molar-refractivity contribution is 5.32. The minimum atomic E-state index is -1.64. The second-order valence-electron chi connectivity index (χ2n) is 6.56. The Labute approximate surface area is 155 Å². The first-order valence-electron chi connectivity index (χ1n) is 8.41. The Morgan fingerprint density at radius 2 is 1.96 bits per heavy atom. The van der Waals surface area contributed by atoms with E-state index < -0.39 is 23.2 Å². The summed E-state index contributed by atoms with van der Waals surface area (Å²) >= 11 is 0. The van der Waals surface area contributed by atoms with Crippen LogP contribution in [0.3, 0.4) is 0 Å². The summed E-state index contributed by atoms with van der Waals surface area (Å²) in [5.41, 5.74) is -0.213. The number of nitrogens with zero attached hydrogens (tertiary/aromatic N) is 4. The molecule has 7 heteroatoms. The summed E-state index contributed by atoms with van der Waals surface area (Å²) in [4.78, 5) is 3.86. The number of hydrogen-bond acceptors (Lipinski definition) is 4. The van der Waals surface area contributed by atoms with Gasteiger partial charge in [0.25, 0.3) is 0 Å². The van der Waals surface area contributed by atoms with Gasteiger partial charge in [0.15, 0.2) is 0 Å². The number of benzene rings is 2. The third kappa shape index (κ3) is 4.01. The van der Waals surface area contributed by atoms with Gasteiger partial charge in [-0.2, -0.15) is 10.4 Å². The summed E-state index contributed by atoms with van der Waals surface area (Å²) in [6.07, 6.45) is 3.18. The van der Waals surface area contributed by atoms with Crippen molar-refractivity contribution in [2.24, 2.45) is 5.92 Å². The van der Waals surface area contributed by atoms with E-state index in [-0.39, 0.29) is 12.1 Å². The quantitative estimate of drug-likeness (QED) is 0.725. The van der Waals surface area contributed by atoms with Gasteiger partial charge in [-0.05, 0) is 36.1 Å². The van der Waals surface area contributed by atoms with Crippen LogP contribution in [0, 0.1) is 28.9 Å². The Bertz CT molecular complexity index is 951. The molecule has 0 bridgehead atoms. The molecule has 0 aliphatic heterocycles. The van der Waals surface area contributed by atoms with Gasteiger partial charge < -0.3 is 5.11 Å². The minimum Gasteiger partial charge on any atom is -0.383 e. The lowest BCUT2D eigenvalue weighted by molar-refractivity contribution is -0.0389. The Kier molecular flexibility index (Phi) is 5.28. The second kappa shape index (κ2) is 7.64. The molecule has 2 aromatic carbocycles. The highest BCUT2D eigenvalue weighted by atomic mass is 19.1. The van der Waals surface area contributed by atoms with Gasteiger partial charge in [-0.1, -0.05) is 25.1 Å². The summed E-state index contributed by atoms with van der Waals surface area (Å²) in [6.45, 7) is 1.75. The van der Waals surface area contributed by atoms with Crippen molar-refractivity contribution in [3.05, 3.63) is 83.4 Å². The Morgan fingerprint density at radius 1 is 1.22 bits per heavy atom. The van der Waals surface area contributed by atoms with Crippen molar-refractivity contribution < 1.29 is 13.9 Å². The van der Waals surface area contributed by atoms with Gasteiger partial charge in [0.1, 0.15) is 29.9 Å². The second-order valence-corrected chi connectivity index (χ2v) is 6.56. The Morgan fingerprint density at radius 3 is 2.56 bits per heavy atom. The molecule has 0 spiro atoms. The van der Waals surface area contributed by atoms with E-state index in [0.29, 0.717) is 12.0 Å². The summed E-state index contributed by atoms with van der Waals surface area (Å²) in [5, 5.41) is 24.4. The Balaban J connectivity index is 1.96. The molecule has 0 fully saturated rings. The van der Waals surface area contributed by atoms with Crippen LogP contribution in [-0.2, 0) is 18.6 Å². The van der Waals surface area contributed by atoms with Crippen LogP contribution in [0.25, 0.3) is 0 Å². The fourth-order valence-corrected chi connectivity index (χ4v) is 3.15. The van der Waals surface area contributed by atoms with Crippen LogP contribution in [0.1, 0.15) is 23.6 Å². The summed E-state index contributed by atoms with van der Waals surface area (Å²) < 4.78 is 29.3. The number of rotatable bonds is 6. The molecular formula is C20H18F2N4O. The standard InChI is InChI=1S/C20H18F2N4O/c1-14(8-15-2-4-16(10-23)5-3-15)20(27,11-26-13-24-12-25-26)18-7-6-17(21)9-19(18)22/h2-7,9,12-14,27H,8,11H2,1H3. The monoisotopic (exact) mass is 368 g/mol. The summed E-state index contributed by atoms with van der Waals surface area (Å²) in [7, 11) is 0. The molecule has 3 rings (SSSR count). The first-order chi connectivity index (χ1) is 12.9. The lowest BCUT2D eigenvalue weighted by atomic mass is 9.78. The number of nitriles is 1. The zero-order valence-corrected chi connectivity index (χ0v) is 14.7. The molecule has 0 radical (unpaired) electrons. The summed E-state index contributed by atoms with van der Waals surface area (Å²) in [5.74, 6) is -1.96. The smallest absolute Gasteiger partial charge is 0.137 e. The van der Waals surface area contributed by atoms with Crippen LogP contribution in [-0.4, -0.2) is 19.9 Å². The molecule has 1 N–H and O–H groups in total. The zero-order chi connectivity index (χ0) is 19.4. The number of aliphatic hydroxyl groups is 1. The van der Waals surface area contributed by atoms with Gasteiger partial charge in [-0.25, -0.2) is 18.4 Å². The van der Waals surface area contributed by atoms with Crippen LogP contribution in [0.2, 0.25) is 0 Å². The molecule has 1 aromatic heterocycles. The topological polar surface area (TPSA) is 74.7 Å². The SMILES string of the molecule is CC(Cc1ccc(C#N)cc1)C(O)(Cn1cncn1)c1ccc(F)cc1F. The molecule has 3 aromatic rings. The van der Waals surface area contributed by atoms with Gasteiger partial charge >= 0.3 is 0 Å². The maximum absolute atomic E-state index is 14.5. The van der Waals surface area contributed by atoms with E-state index in [2.05, 4.69) is 16.2 Å². The minimum absolute atomic E-state index is 0.000505. The normalized spacial score (nSPS) is 14.3. The number of aromatic nitrogens is 3. The van der Waals surface area contributed by atoms with E-state index >= 15 is 0 Å². The largest absolute Gasteiger partial charge is 0.383 e. The molecule has 1 heterocycles. The van der Waals surface area contributed by atoms with Crippen molar-refractivity contribution in [2.45, 2.75) is 25.5 Å². The molecule has 5 nitrogen and oxygen atoms in total. The predicted octanol–water partition coefficient (Wildman–Crippen LogP) is 3.19. The molecule has 0 aliphatic carbocycles.